The van der Waals surface area contributed by atoms with Crippen LogP contribution in [0.5, 0.6) is 5.75 Å². The summed E-state index contributed by atoms with van der Waals surface area (Å²) in [6.45, 7) is 5.93. The molecular weight excluding hydrogens is 438 g/mol. The van der Waals surface area contributed by atoms with Crippen LogP contribution in [0.25, 0.3) is 10.9 Å². The average molecular weight is 460 g/mol. The standard InChI is InChI=1S/C23H22ClNO5S/c1-3-21(15-5-8-20-14(11-15)9-10-29-20)31(27,28)23(30-22(26)4-2)19-13-16-12-17(24)6-7-18(16)25-19/h3,5-8,11-13,21,23,25H,1,4,9-10H2,2H3. The molecule has 2 atom stereocenters. The minimum atomic E-state index is -4.07. The topological polar surface area (TPSA) is 85.5 Å². The van der Waals surface area contributed by atoms with Crippen molar-refractivity contribution in [3.05, 3.63) is 77.0 Å². The molecule has 2 unspecified atom stereocenters. The van der Waals surface area contributed by atoms with Gasteiger partial charge in [-0.2, -0.15) is 0 Å². The first-order chi connectivity index (χ1) is 14.8. The molecule has 4 rings (SSSR count). The normalized spacial score (nSPS) is 15.2. The second kappa shape index (κ2) is 8.40. The van der Waals surface area contributed by atoms with Gasteiger partial charge in [-0.1, -0.05) is 36.7 Å². The van der Waals surface area contributed by atoms with E-state index in [-0.39, 0.29) is 12.1 Å². The predicted octanol–water partition coefficient (Wildman–Crippen LogP) is 5.05. The van der Waals surface area contributed by atoms with E-state index in [0.717, 1.165) is 16.7 Å². The molecule has 1 N–H and O–H groups in total. The summed E-state index contributed by atoms with van der Waals surface area (Å²) in [4.78, 5) is 15.2. The largest absolute Gasteiger partial charge is 0.493 e. The minimum Gasteiger partial charge on any atom is -0.493 e. The van der Waals surface area contributed by atoms with Crippen LogP contribution in [0.3, 0.4) is 0 Å². The molecule has 2 heterocycles. The Kier molecular flexibility index (Phi) is 5.81. The molecule has 8 heteroatoms. The number of ether oxygens (including phenoxy) is 2. The summed E-state index contributed by atoms with van der Waals surface area (Å²) in [5, 5.41) is 0.176. The number of halogens is 1. The van der Waals surface area contributed by atoms with E-state index in [4.69, 9.17) is 21.1 Å². The quantitative estimate of drug-likeness (QED) is 0.394. The molecule has 0 fully saturated rings. The van der Waals surface area contributed by atoms with E-state index < -0.39 is 26.5 Å². The molecule has 162 valence electrons. The number of H-pyrrole nitrogens is 1. The highest BCUT2D eigenvalue weighted by atomic mass is 35.5. The summed E-state index contributed by atoms with van der Waals surface area (Å²) in [5.41, 5.74) is 0.934. The van der Waals surface area contributed by atoms with Gasteiger partial charge in [-0.25, -0.2) is 8.42 Å². The van der Waals surface area contributed by atoms with Gasteiger partial charge in [0, 0.05) is 28.8 Å². The van der Waals surface area contributed by atoms with Gasteiger partial charge in [0.1, 0.15) is 11.0 Å². The highest BCUT2D eigenvalue weighted by molar-refractivity contribution is 7.91. The summed E-state index contributed by atoms with van der Waals surface area (Å²) in [7, 11) is -4.07. The summed E-state index contributed by atoms with van der Waals surface area (Å²) < 4.78 is 38.4. The fourth-order valence-corrected chi connectivity index (χ4v) is 5.70. The van der Waals surface area contributed by atoms with Crippen LogP contribution in [-0.4, -0.2) is 26.0 Å². The van der Waals surface area contributed by atoms with Gasteiger partial charge < -0.3 is 14.5 Å². The van der Waals surface area contributed by atoms with Gasteiger partial charge >= 0.3 is 5.97 Å². The zero-order valence-corrected chi connectivity index (χ0v) is 18.5. The predicted molar refractivity (Wildman–Crippen MR) is 120 cm³/mol. The maximum absolute atomic E-state index is 13.7. The summed E-state index contributed by atoms with van der Waals surface area (Å²) in [6.07, 6.45) is 2.12. The number of aromatic amines is 1. The first-order valence-corrected chi connectivity index (χ1v) is 11.9. The van der Waals surface area contributed by atoms with Gasteiger partial charge in [0.15, 0.2) is 0 Å². The number of esters is 1. The van der Waals surface area contributed by atoms with E-state index in [9.17, 15) is 13.2 Å². The van der Waals surface area contributed by atoms with Gasteiger partial charge in [0.05, 0.1) is 12.3 Å². The van der Waals surface area contributed by atoms with Crippen LogP contribution < -0.4 is 4.74 Å². The van der Waals surface area contributed by atoms with Crippen LogP contribution in [-0.2, 0) is 25.8 Å². The minimum absolute atomic E-state index is 0.0486. The fourth-order valence-electron chi connectivity index (χ4n) is 3.74. The lowest BCUT2D eigenvalue weighted by molar-refractivity contribution is -0.145. The Bertz CT molecular complexity index is 1260. The molecule has 0 aliphatic carbocycles. The van der Waals surface area contributed by atoms with E-state index in [0.29, 0.717) is 29.1 Å². The van der Waals surface area contributed by atoms with Crippen molar-refractivity contribution in [1.82, 2.24) is 4.98 Å². The van der Waals surface area contributed by atoms with Gasteiger partial charge in [-0.3, -0.25) is 4.79 Å². The Morgan fingerprint density at radius 2 is 2.10 bits per heavy atom. The molecule has 1 aromatic heterocycles. The second-order valence-corrected chi connectivity index (χ2v) is 9.89. The van der Waals surface area contributed by atoms with E-state index in [1.165, 1.54) is 6.08 Å². The summed E-state index contributed by atoms with van der Waals surface area (Å²) >= 11 is 6.06. The van der Waals surface area contributed by atoms with Crippen molar-refractivity contribution < 1.29 is 22.7 Å². The molecule has 1 aliphatic rings. The van der Waals surface area contributed by atoms with Crippen molar-refractivity contribution in [3.8, 4) is 5.75 Å². The molecule has 0 spiro atoms. The fraction of sp³-hybridized carbons (Fsp3) is 0.261. The van der Waals surface area contributed by atoms with Crippen molar-refractivity contribution in [3.63, 3.8) is 0 Å². The average Bonchev–Trinajstić information content (AvgIpc) is 3.37. The molecule has 3 aromatic rings. The number of hydrogen-bond acceptors (Lipinski definition) is 5. The maximum Gasteiger partial charge on any atom is 0.307 e. The Labute approximate surface area is 185 Å². The van der Waals surface area contributed by atoms with E-state index in [1.807, 2.05) is 6.07 Å². The number of hydrogen-bond donors (Lipinski definition) is 1. The number of rotatable bonds is 7. The van der Waals surface area contributed by atoms with Crippen molar-refractivity contribution in [2.24, 2.45) is 0 Å². The molecule has 0 amide bonds. The maximum atomic E-state index is 13.7. The van der Waals surface area contributed by atoms with Crippen LogP contribution in [0.4, 0.5) is 0 Å². The molecule has 31 heavy (non-hydrogen) atoms. The number of carbonyl (C=O) groups excluding carboxylic acids is 1. The number of nitrogens with one attached hydrogen (secondary N) is 1. The van der Waals surface area contributed by atoms with Crippen LogP contribution in [0, 0.1) is 0 Å². The van der Waals surface area contributed by atoms with Crippen molar-refractivity contribution in [1.29, 1.82) is 0 Å². The molecule has 0 radical (unpaired) electrons. The molecule has 0 saturated carbocycles. The molecule has 0 bridgehead atoms. The van der Waals surface area contributed by atoms with Gasteiger partial charge in [0.2, 0.25) is 15.3 Å². The van der Waals surface area contributed by atoms with Crippen LogP contribution in [0.2, 0.25) is 5.02 Å². The highest BCUT2D eigenvalue weighted by Crippen LogP contribution is 2.39. The van der Waals surface area contributed by atoms with Crippen LogP contribution in [0.1, 0.15) is 40.9 Å². The van der Waals surface area contributed by atoms with E-state index >= 15 is 0 Å². The Morgan fingerprint density at radius 3 is 2.84 bits per heavy atom. The number of benzene rings is 2. The lowest BCUT2D eigenvalue weighted by Crippen LogP contribution is -2.24. The third-order valence-corrected chi connectivity index (χ3v) is 7.65. The number of carbonyl (C=O) groups is 1. The lowest BCUT2D eigenvalue weighted by atomic mass is 10.1. The van der Waals surface area contributed by atoms with Crippen molar-refractivity contribution in [2.75, 3.05) is 6.61 Å². The van der Waals surface area contributed by atoms with Crippen molar-refractivity contribution >= 4 is 38.3 Å². The zero-order valence-electron chi connectivity index (χ0n) is 16.9. The number of sulfone groups is 1. The van der Waals surface area contributed by atoms with E-state index in [1.54, 1.807) is 43.3 Å². The lowest BCUT2D eigenvalue weighted by Gasteiger charge is -2.22. The Hall–Kier alpha value is -2.77. The van der Waals surface area contributed by atoms with Gasteiger partial charge in [-0.15, -0.1) is 6.58 Å². The zero-order chi connectivity index (χ0) is 22.2. The second-order valence-electron chi connectivity index (χ2n) is 7.34. The Morgan fingerprint density at radius 1 is 1.29 bits per heavy atom. The Balaban J connectivity index is 1.79. The first-order valence-electron chi connectivity index (χ1n) is 9.92. The third-order valence-electron chi connectivity index (χ3n) is 5.29. The molecule has 0 saturated heterocycles. The SMILES string of the molecule is C=CC(c1ccc2c(c1)CCO2)S(=O)(=O)C(OC(=O)CC)c1cc2cc(Cl)ccc2[nH]1. The van der Waals surface area contributed by atoms with Crippen LogP contribution in [0.15, 0.2) is 55.1 Å². The number of fused-ring (bicyclic) bond motifs is 2. The smallest absolute Gasteiger partial charge is 0.307 e. The molecule has 1 aliphatic heterocycles. The van der Waals surface area contributed by atoms with Crippen molar-refractivity contribution in [2.45, 2.75) is 30.5 Å². The summed E-state index contributed by atoms with van der Waals surface area (Å²) in [6, 6.07) is 12.1. The van der Waals surface area contributed by atoms with Gasteiger partial charge in [0.25, 0.3) is 0 Å². The monoisotopic (exact) mass is 459 g/mol. The number of aromatic nitrogens is 1. The third kappa shape index (κ3) is 4.07. The molecule has 2 aromatic carbocycles. The molecular formula is C23H22ClNO5S. The van der Waals surface area contributed by atoms with Gasteiger partial charge in [-0.05, 0) is 41.5 Å². The molecule has 6 nitrogen and oxygen atoms in total. The van der Waals surface area contributed by atoms with Crippen LogP contribution >= 0.6 is 11.6 Å². The first kappa shape index (κ1) is 21.5. The van der Waals surface area contributed by atoms with E-state index in [2.05, 4.69) is 11.6 Å². The summed E-state index contributed by atoms with van der Waals surface area (Å²) in [5.74, 6) is 0.140. The highest BCUT2D eigenvalue weighted by Gasteiger charge is 2.39.